The monoisotopic (exact) mass is 305 g/mol. The maximum absolute atomic E-state index is 5.38. The molecule has 2 rings (SSSR count). The number of benzene rings is 2. The minimum Gasteiger partial charge on any atom is -0.497 e. The number of ether oxygens (including phenoxy) is 2. The second kappa shape index (κ2) is 5.44. The number of halogens is 1. The van der Waals surface area contributed by atoms with Crippen molar-refractivity contribution in [1.82, 2.24) is 0 Å². The van der Waals surface area contributed by atoms with Crippen LogP contribution in [0.4, 0.5) is 0 Å². The fourth-order valence-corrected chi connectivity index (χ4v) is 2.28. The first-order chi connectivity index (χ1) is 8.67. The molecule has 0 aliphatic carbocycles. The molecule has 93 valence electrons. The van der Waals surface area contributed by atoms with Gasteiger partial charge in [0.1, 0.15) is 11.5 Å². The normalized spacial score (nSPS) is 10.2. The van der Waals surface area contributed by atoms with Crippen LogP contribution in [0, 0.1) is 6.92 Å². The molecule has 0 spiro atoms. The molecule has 0 unspecified atom stereocenters. The van der Waals surface area contributed by atoms with E-state index in [1.54, 1.807) is 14.2 Å². The van der Waals surface area contributed by atoms with E-state index < -0.39 is 0 Å². The van der Waals surface area contributed by atoms with Crippen LogP contribution in [-0.2, 0) is 0 Å². The molecular weight excluding hydrogens is 292 g/mol. The van der Waals surface area contributed by atoms with Gasteiger partial charge in [-0.3, -0.25) is 0 Å². The van der Waals surface area contributed by atoms with Crippen molar-refractivity contribution in [2.75, 3.05) is 14.2 Å². The lowest BCUT2D eigenvalue weighted by molar-refractivity contribution is 0.413. The molecule has 2 nitrogen and oxygen atoms in total. The summed E-state index contributed by atoms with van der Waals surface area (Å²) >= 11 is 3.50. The standard InChI is InChI=1S/C15H14BrO2/c1-10-13(8-11(17-2)9-14(10)16)12-6-4-5-7-15(12)18-3/h4-9H,1H2,2-3H3. The van der Waals surface area contributed by atoms with Gasteiger partial charge < -0.3 is 9.47 Å². The average Bonchev–Trinajstić information content (AvgIpc) is 2.41. The van der Waals surface area contributed by atoms with Gasteiger partial charge in [0, 0.05) is 10.0 Å². The van der Waals surface area contributed by atoms with Crippen molar-refractivity contribution in [2.24, 2.45) is 0 Å². The van der Waals surface area contributed by atoms with Gasteiger partial charge >= 0.3 is 0 Å². The van der Waals surface area contributed by atoms with Gasteiger partial charge in [0.05, 0.1) is 14.2 Å². The fraction of sp³-hybridized carbons (Fsp3) is 0.133. The van der Waals surface area contributed by atoms with E-state index in [2.05, 4.69) is 22.9 Å². The van der Waals surface area contributed by atoms with E-state index >= 15 is 0 Å². The third-order valence-electron chi connectivity index (χ3n) is 2.80. The molecular formula is C15H14BrO2. The van der Waals surface area contributed by atoms with Crippen LogP contribution in [0.1, 0.15) is 5.56 Å². The molecule has 0 saturated carbocycles. The number of para-hydroxylation sites is 1. The van der Waals surface area contributed by atoms with Crippen LogP contribution >= 0.6 is 15.9 Å². The van der Waals surface area contributed by atoms with E-state index in [0.29, 0.717) is 0 Å². The molecule has 0 fully saturated rings. The molecule has 0 bridgehead atoms. The molecule has 0 saturated heterocycles. The SMILES string of the molecule is [CH2]c1c(Br)cc(OC)cc1-c1ccccc1OC. The Balaban J connectivity index is 2.66. The fourth-order valence-electron chi connectivity index (χ4n) is 1.84. The molecule has 1 radical (unpaired) electrons. The zero-order chi connectivity index (χ0) is 13.1. The lowest BCUT2D eigenvalue weighted by Gasteiger charge is -2.13. The average molecular weight is 306 g/mol. The summed E-state index contributed by atoms with van der Waals surface area (Å²) in [5.74, 6) is 1.61. The van der Waals surface area contributed by atoms with Gasteiger partial charge in [0.25, 0.3) is 0 Å². The van der Waals surface area contributed by atoms with E-state index in [1.807, 2.05) is 36.4 Å². The molecule has 0 aliphatic heterocycles. The summed E-state index contributed by atoms with van der Waals surface area (Å²) in [4.78, 5) is 0. The maximum Gasteiger partial charge on any atom is 0.126 e. The quantitative estimate of drug-likeness (QED) is 0.841. The Morgan fingerprint density at radius 2 is 1.72 bits per heavy atom. The molecule has 0 aromatic heterocycles. The van der Waals surface area contributed by atoms with Crippen LogP contribution in [0.2, 0.25) is 0 Å². The highest BCUT2D eigenvalue weighted by Gasteiger charge is 2.11. The first kappa shape index (κ1) is 13.0. The van der Waals surface area contributed by atoms with Crippen LogP contribution in [0.5, 0.6) is 11.5 Å². The smallest absolute Gasteiger partial charge is 0.126 e. The molecule has 0 heterocycles. The van der Waals surface area contributed by atoms with Gasteiger partial charge in [-0.15, -0.1) is 0 Å². The second-order valence-electron chi connectivity index (χ2n) is 3.84. The Labute approximate surface area is 116 Å². The predicted octanol–water partition coefficient (Wildman–Crippen LogP) is 4.32. The summed E-state index contributed by atoms with van der Waals surface area (Å²) in [6, 6.07) is 11.7. The van der Waals surface area contributed by atoms with Crippen molar-refractivity contribution < 1.29 is 9.47 Å². The summed E-state index contributed by atoms with van der Waals surface area (Å²) in [6.45, 7) is 4.09. The molecule has 0 amide bonds. The van der Waals surface area contributed by atoms with Crippen LogP contribution < -0.4 is 9.47 Å². The Hall–Kier alpha value is -1.48. The third-order valence-corrected chi connectivity index (χ3v) is 3.51. The topological polar surface area (TPSA) is 18.5 Å². The minimum absolute atomic E-state index is 0.787. The van der Waals surface area contributed by atoms with Crippen molar-refractivity contribution in [2.45, 2.75) is 0 Å². The van der Waals surface area contributed by atoms with Crippen LogP contribution in [-0.4, -0.2) is 14.2 Å². The number of rotatable bonds is 3. The molecule has 18 heavy (non-hydrogen) atoms. The molecule has 0 aliphatic rings. The minimum atomic E-state index is 0.787. The number of methoxy groups -OCH3 is 2. The molecule has 2 aromatic carbocycles. The van der Waals surface area contributed by atoms with E-state index in [0.717, 1.165) is 32.7 Å². The largest absolute Gasteiger partial charge is 0.497 e. The predicted molar refractivity (Wildman–Crippen MR) is 77.1 cm³/mol. The summed E-state index contributed by atoms with van der Waals surface area (Å²) in [6.07, 6.45) is 0. The Morgan fingerprint density at radius 1 is 1.00 bits per heavy atom. The van der Waals surface area contributed by atoms with Crippen molar-refractivity contribution in [3.63, 3.8) is 0 Å². The van der Waals surface area contributed by atoms with E-state index in [-0.39, 0.29) is 0 Å². The lowest BCUT2D eigenvalue weighted by Crippen LogP contribution is -1.92. The first-order valence-corrected chi connectivity index (χ1v) is 6.29. The highest BCUT2D eigenvalue weighted by atomic mass is 79.9. The van der Waals surface area contributed by atoms with E-state index in [4.69, 9.17) is 9.47 Å². The summed E-state index contributed by atoms with van der Waals surface area (Å²) in [5, 5.41) is 0. The summed E-state index contributed by atoms with van der Waals surface area (Å²) < 4.78 is 11.6. The lowest BCUT2D eigenvalue weighted by atomic mass is 9.99. The van der Waals surface area contributed by atoms with Crippen LogP contribution in [0.25, 0.3) is 11.1 Å². The van der Waals surface area contributed by atoms with Crippen molar-refractivity contribution in [3.05, 3.63) is 53.4 Å². The van der Waals surface area contributed by atoms with Crippen LogP contribution in [0.3, 0.4) is 0 Å². The van der Waals surface area contributed by atoms with Gasteiger partial charge in [0.15, 0.2) is 0 Å². The van der Waals surface area contributed by atoms with Gasteiger partial charge in [0.2, 0.25) is 0 Å². The van der Waals surface area contributed by atoms with Crippen molar-refractivity contribution in [3.8, 4) is 22.6 Å². The zero-order valence-corrected chi connectivity index (χ0v) is 12.0. The zero-order valence-electron chi connectivity index (χ0n) is 10.4. The first-order valence-electron chi connectivity index (χ1n) is 5.50. The number of hydrogen-bond acceptors (Lipinski definition) is 2. The molecule has 3 heteroatoms. The molecule has 0 atom stereocenters. The molecule has 2 aromatic rings. The number of hydrogen-bond donors (Lipinski definition) is 0. The van der Waals surface area contributed by atoms with E-state index in [9.17, 15) is 0 Å². The van der Waals surface area contributed by atoms with Crippen molar-refractivity contribution in [1.29, 1.82) is 0 Å². The Kier molecular flexibility index (Phi) is 3.92. The van der Waals surface area contributed by atoms with Gasteiger partial charge in [-0.05, 0) is 36.2 Å². The maximum atomic E-state index is 5.38. The van der Waals surface area contributed by atoms with Crippen LogP contribution in [0.15, 0.2) is 40.9 Å². The van der Waals surface area contributed by atoms with Gasteiger partial charge in [-0.2, -0.15) is 0 Å². The van der Waals surface area contributed by atoms with Gasteiger partial charge in [-0.25, -0.2) is 0 Å². The highest BCUT2D eigenvalue weighted by Crippen LogP contribution is 2.37. The van der Waals surface area contributed by atoms with E-state index in [1.165, 1.54) is 0 Å². The summed E-state index contributed by atoms with van der Waals surface area (Å²) in [7, 11) is 3.31. The second-order valence-corrected chi connectivity index (χ2v) is 4.69. The third kappa shape index (κ3) is 2.36. The molecule has 0 N–H and O–H groups in total. The Bertz CT molecular complexity index is 564. The summed E-state index contributed by atoms with van der Waals surface area (Å²) in [5.41, 5.74) is 2.92. The Morgan fingerprint density at radius 3 is 2.39 bits per heavy atom. The van der Waals surface area contributed by atoms with Crippen molar-refractivity contribution >= 4 is 15.9 Å². The highest BCUT2D eigenvalue weighted by molar-refractivity contribution is 9.10. The van der Waals surface area contributed by atoms with Gasteiger partial charge in [-0.1, -0.05) is 34.1 Å².